The predicted octanol–water partition coefficient (Wildman–Crippen LogP) is 2.35. The average molecular weight is 475 g/mol. The van der Waals surface area contributed by atoms with Gasteiger partial charge in [0.15, 0.2) is 5.78 Å². The number of aliphatic hydroxyl groups is 3. The Morgan fingerprint density at radius 2 is 1.65 bits per heavy atom. The first-order valence-corrected chi connectivity index (χ1v) is 12.6. The predicted molar refractivity (Wildman–Crippen MR) is 122 cm³/mol. The van der Waals surface area contributed by atoms with E-state index in [-0.39, 0.29) is 55.4 Å². The maximum atomic E-state index is 14.0. The van der Waals surface area contributed by atoms with Gasteiger partial charge >= 0.3 is 5.97 Å². The monoisotopic (exact) mass is 474 g/mol. The topological polar surface area (TPSA) is 121 Å². The third-order valence-corrected chi connectivity index (χ3v) is 11.4. The molecule has 5 rings (SSSR count). The smallest absolute Gasteiger partial charge is 0.306 e. The molecule has 8 atom stereocenters. The molecule has 7 nitrogen and oxygen atoms in total. The summed E-state index contributed by atoms with van der Waals surface area (Å²) in [4.78, 5) is 38.9. The Hall–Kier alpha value is -1.57. The number of carbonyl (C=O) groups is 3. The first-order chi connectivity index (χ1) is 15.7. The number of rotatable bonds is 2. The van der Waals surface area contributed by atoms with Crippen molar-refractivity contribution in [2.45, 2.75) is 85.4 Å². The number of cyclic esters (lactones) is 1. The minimum Gasteiger partial charge on any atom is -0.465 e. The SMILES string of the molecule is CC1(C)C(=O)CC[C@]2(C)C3=C([C@@H](O)C[C@@H]12)[C@]1(C)[C@@H](O)C[C@H]([C@@]2(CO)COC(=O)C2)[C@@]1(C)CC3=O. The molecule has 4 aliphatic carbocycles. The Morgan fingerprint density at radius 3 is 2.24 bits per heavy atom. The zero-order valence-corrected chi connectivity index (χ0v) is 20.9. The van der Waals surface area contributed by atoms with E-state index in [1.54, 1.807) is 0 Å². The highest BCUT2D eigenvalue weighted by molar-refractivity contribution is 6.01. The van der Waals surface area contributed by atoms with Gasteiger partial charge in [-0.25, -0.2) is 0 Å². The lowest BCUT2D eigenvalue weighted by molar-refractivity contribution is -0.147. The molecule has 188 valence electrons. The van der Waals surface area contributed by atoms with E-state index >= 15 is 0 Å². The summed E-state index contributed by atoms with van der Waals surface area (Å²) in [7, 11) is 0. The minimum absolute atomic E-state index is 0.0381. The maximum Gasteiger partial charge on any atom is 0.306 e. The van der Waals surface area contributed by atoms with Crippen LogP contribution in [-0.4, -0.2) is 58.3 Å². The normalized spacial score (nSPS) is 50.1. The fourth-order valence-corrected chi connectivity index (χ4v) is 9.26. The van der Waals surface area contributed by atoms with E-state index < -0.39 is 39.3 Å². The number of allylic oxidation sites excluding steroid dienone is 1. The number of hydrogen-bond donors (Lipinski definition) is 3. The third-order valence-electron chi connectivity index (χ3n) is 11.4. The highest BCUT2D eigenvalue weighted by atomic mass is 16.5. The molecule has 1 saturated heterocycles. The van der Waals surface area contributed by atoms with Crippen molar-refractivity contribution in [3.05, 3.63) is 11.1 Å². The molecule has 3 fully saturated rings. The standard InChI is InChI=1S/C27H38O7/c1-23(2)16-8-14(29)22-21(24(16,3)7-6-18(23)31)15(30)10-25(4)17(9-19(32)26(22,25)5)27(12-28)11-20(33)34-13-27/h14,16-17,19,28-29,32H,6-13H2,1-5H3/t14-,16-,17-,19-,24-,25+,26-,27-/m0/s1. The molecule has 0 amide bonds. The first kappa shape index (κ1) is 24.1. The molecule has 0 aromatic heterocycles. The van der Waals surface area contributed by atoms with Gasteiger partial charge in [-0.3, -0.25) is 14.4 Å². The molecule has 0 radical (unpaired) electrons. The van der Waals surface area contributed by atoms with Gasteiger partial charge in [-0.05, 0) is 42.1 Å². The lowest BCUT2D eigenvalue weighted by atomic mass is 9.42. The Balaban J connectivity index is 1.70. The molecule has 0 unspecified atom stereocenters. The van der Waals surface area contributed by atoms with Gasteiger partial charge < -0.3 is 20.1 Å². The van der Waals surface area contributed by atoms with Crippen molar-refractivity contribution in [1.29, 1.82) is 0 Å². The number of esters is 1. The number of fused-ring (bicyclic) bond motifs is 4. The molecule has 0 aromatic rings. The van der Waals surface area contributed by atoms with Gasteiger partial charge in [0.1, 0.15) is 5.78 Å². The summed E-state index contributed by atoms with van der Waals surface area (Å²) < 4.78 is 5.28. The Labute approximate surface area is 200 Å². The van der Waals surface area contributed by atoms with Crippen LogP contribution < -0.4 is 0 Å². The van der Waals surface area contributed by atoms with Crippen LogP contribution in [0.25, 0.3) is 0 Å². The lowest BCUT2D eigenvalue weighted by Crippen LogP contribution is -2.61. The molecule has 7 heteroatoms. The number of Topliss-reactive ketones (excluding diaryl/α,β-unsaturated/α-hetero) is 2. The minimum atomic E-state index is -0.938. The van der Waals surface area contributed by atoms with E-state index in [4.69, 9.17) is 4.74 Å². The first-order valence-electron chi connectivity index (χ1n) is 12.6. The molecule has 34 heavy (non-hydrogen) atoms. The summed E-state index contributed by atoms with van der Waals surface area (Å²) in [5.41, 5.74) is -2.46. The number of ether oxygens (including phenoxy) is 1. The zero-order chi connectivity index (χ0) is 25.1. The van der Waals surface area contributed by atoms with Crippen molar-refractivity contribution in [3.8, 4) is 0 Å². The fraction of sp³-hybridized carbons (Fsp3) is 0.815. The van der Waals surface area contributed by atoms with Gasteiger partial charge in [-0.15, -0.1) is 0 Å². The molecule has 0 aromatic carbocycles. The highest BCUT2D eigenvalue weighted by Crippen LogP contribution is 2.73. The van der Waals surface area contributed by atoms with Crippen LogP contribution in [0.1, 0.15) is 73.1 Å². The molecular formula is C27H38O7. The maximum absolute atomic E-state index is 14.0. The van der Waals surface area contributed by atoms with Crippen LogP contribution >= 0.6 is 0 Å². The quantitative estimate of drug-likeness (QED) is 0.525. The van der Waals surface area contributed by atoms with Crippen LogP contribution in [-0.2, 0) is 19.1 Å². The molecule has 0 bridgehead atoms. The van der Waals surface area contributed by atoms with Crippen molar-refractivity contribution in [2.75, 3.05) is 13.2 Å². The number of ketones is 2. The molecule has 2 saturated carbocycles. The summed E-state index contributed by atoms with van der Waals surface area (Å²) in [5.74, 6) is -0.724. The highest BCUT2D eigenvalue weighted by Gasteiger charge is 2.72. The van der Waals surface area contributed by atoms with Crippen molar-refractivity contribution >= 4 is 17.5 Å². The molecule has 5 aliphatic rings. The van der Waals surface area contributed by atoms with E-state index in [1.165, 1.54) is 0 Å². The van der Waals surface area contributed by atoms with E-state index in [0.717, 1.165) is 0 Å². The van der Waals surface area contributed by atoms with Crippen molar-refractivity contribution in [2.24, 2.45) is 38.9 Å². The largest absolute Gasteiger partial charge is 0.465 e. The van der Waals surface area contributed by atoms with Crippen LogP contribution in [0, 0.1) is 38.9 Å². The van der Waals surface area contributed by atoms with Gasteiger partial charge in [0.2, 0.25) is 0 Å². The second-order valence-corrected chi connectivity index (χ2v) is 13.0. The van der Waals surface area contributed by atoms with Gasteiger partial charge in [-0.2, -0.15) is 0 Å². The van der Waals surface area contributed by atoms with Crippen LogP contribution in [0.5, 0.6) is 0 Å². The lowest BCUT2D eigenvalue weighted by Gasteiger charge is -2.61. The molecule has 1 aliphatic heterocycles. The summed E-state index contributed by atoms with van der Waals surface area (Å²) in [6.45, 7) is 9.66. The molecule has 3 N–H and O–H groups in total. The molecular weight excluding hydrogens is 436 g/mol. The summed E-state index contributed by atoms with van der Waals surface area (Å²) >= 11 is 0. The van der Waals surface area contributed by atoms with E-state index in [0.29, 0.717) is 36.8 Å². The Morgan fingerprint density at radius 1 is 0.971 bits per heavy atom. The van der Waals surface area contributed by atoms with Gasteiger partial charge in [0.05, 0.1) is 31.8 Å². The Kier molecular flexibility index (Phi) is 4.98. The van der Waals surface area contributed by atoms with E-state index in [1.807, 2.05) is 27.7 Å². The Bertz CT molecular complexity index is 1010. The van der Waals surface area contributed by atoms with Gasteiger partial charge in [-0.1, -0.05) is 34.6 Å². The zero-order valence-electron chi connectivity index (χ0n) is 20.9. The van der Waals surface area contributed by atoms with Crippen LogP contribution in [0.15, 0.2) is 11.1 Å². The number of hydrogen-bond acceptors (Lipinski definition) is 7. The second kappa shape index (κ2) is 7.01. The summed E-state index contributed by atoms with van der Waals surface area (Å²) in [5, 5.41) is 33.6. The molecule has 0 spiro atoms. The fourth-order valence-electron chi connectivity index (χ4n) is 9.26. The van der Waals surface area contributed by atoms with Crippen molar-refractivity contribution in [1.82, 2.24) is 0 Å². The van der Waals surface area contributed by atoms with E-state index in [9.17, 15) is 29.7 Å². The summed E-state index contributed by atoms with van der Waals surface area (Å²) in [6, 6.07) is 0. The average Bonchev–Trinajstić information content (AvgIpc) is 3.24. The van der Waals surface area contributed by atoms with E-state index in [2.05, 4.69) is 6.92 Å². The summed E-state index contributed by atoms with van der Waals surface area (Å²) in [6.07, 6.45) is 0.107. The van der Waals surface area contributed by atoms with Crippen LogP contribution in [0.4, 0.5) is 0 Å². The molecule has 1 heterocycles. The van der Waals surface area contributed by atoms with Crippen LogP contribution in [0.2, 0.25) is 0 Å². The van der Waals surface area contributed by atoms with Gasteiger partial charge in [0.25, 0.3) is 0 Å². The number of carbonyl (C=O) groups excluding carboxylic acids is 3. The van der Waals surface area contributed by atoms with Gasteiger partial charge in [0, 0.05) is 40.1 Å². The second-order valence-electron chi connectivity index (χ2n) is 13.0. The van der Waals surface area contributed by atoms with Crippen LogP contribution in [0.3, 0.4) is 0 Å². The van der Waals surface area contributed by atoms with Crippen molar-refractivity contribution < 1.29 is 34.4 Å². The van der Waals surface area contributed by atoms with Crippen molar-refractivity contribution in [3.63, 3.8) is 0 Å². The third kappa shape index (κ3) is 2.61. The number of aliphatic hydroxyl groups excluding tert-OH is 3.